The molecule has 0 saturated carbocycles. The van der Waals surface area contributed by atoms with Crippen molar-refractivity contribution in [3.63, 3.8) is 0 Å². The lowest BCUT2D eigenvalue weighted by Gasteiger charge is -2.36. The summed E-state index contributed by atoms with van der Waals surface area (Å²) in [4.78, 5) is 28.1. The third-order valence-electron chi connectivity index (χ3n) is 5.41. The Bertz CT molecular complexity index is 882. The summed E-state index contributed by atoms with van der Waals surface area (Å²) in [6.45, 7) is 2.70. The predicted octanol–water partition coefficient (Wildman–Crippen LogP) is 2.97. The lowest BCUT2D eigenvalue weighted by Crippen LogP contribution is -2.48. The Labute approximate surface area is 182 Å². The highest BCUT2D eigenvalue weighted by Crippen LogP contribution is 2.32. The van der Waals surface area contributed by atoms with E-state index in [2.05, 4.69) is 4.90 Å². The SMILES string of the molecule is COc1ccc(N2CCN(C(=O)CCC(OC(N)=O)c3ccccc3)CC2)cc1OC. The van der Waals surface area contributed by atoms with Crippen molar-refractivity contribution in [2.45, 2.75) is 18.9 Å². The average Bonchev–Trinajstić information content (AvgIpc) is 2.81. The predicted molar refractivity (Wildman–Crippen MR) is 117 cm³/mol. The molecule has 0 spiro atoms. The van der Waals surface area contributed by atoms with Gasteiger partial charge in [-0.05, 0) is 24.1 Å². The van der Waals surface area contributed by atoms with Crippen LogP contribution in [0.2, 0.25) is 0 Å². The minimum atomic E-state index is -0.843. The Balaban J connectivity index is 1.54. The van der Waals surface area contributed by atoms with Gasteiger partial charge in [0, 0.05) is 44.4 Å². The Morgan fingerprint density at radius 1 is 0.968 bits per heavy atom. The van der Waals surface area contributed by atoms with E-state index in [-0.39, 0.29) is 12.3 Å². The number of primary amides is 1. The van der Waals surface area contributed by atoms with Crippen molar-refractivity contribution in [2.75, 3.05) is 45.3 Å². The second-order valence-corrected chi connectivity index (χ2v) is 7.28. The summed E-state index contributed by atoms with van der Waals surface area (Å²) in [5.41, 5.74) is 7.07. The summed E-state index contributed by atoms with van der Waals surface area (Å²) < 4.78 is 15.9. The highest BCUT2D eigenvalue weighted by atomic mass is 16.6. The van der Waals surface area contributed by atoms with E-state index in [0.717, 1.165) is 24.3 Å². The number of anilines is 1. The summed E-state index contributed by atoms with van der Waals surface area (Å²) in [6, 6.07) is 15.2. The maximum atomic E-state index is 12.7. The van der Waals surface area contributed by atoms with Crippen LogP contribution in [0.4, 0.5) is 10.5 Å². The first-order valence-electron chi connectivity index (χ1n) is 10.3. The van der Waals surface area contributed by atoms with Crippen molar-refractivity contribution < 1.29 is 23.8 Å². The van der Waals surface area contributed by atoms with E-state index in [9.17, 15) is 9.59 Å². The molecule has 0 radical (unpaired) electrons. The molecule has 1 unspecified atom stereocenters. The van der Waals surface area contributed by atoms with Gasteiger partial charge in [0.05, 0.1) is 14.2 Å². The zero-order valence-electron chi connectivity index (χ0n) is 18.0. The van der Waals surface area contributed by atoms with Crippen molar-refractivity contribution in [1.29, 1.82) is 0 Å². The number of amides is 2. The third kappa shape index (κ3) is 5.81. The van der Waals surface area contributed by atoms with E-state index >= 15 is 0 Å². The van der Waals surface area contributed by atoms with Gasteiger partial charge < -0.3 is 29.7 Å². The standard InChI is InChI=1S/C23H29N3O5/c1-29-20-9-8-18(16-21(20)30-2)25-12-14-26(15-13-25)22(27)11-10-19(31-23(24)28)17-6-4-3-5-7-17/h3-9,16,19H,10-15H2,1-2H3,(H2,24,28). The lowest BCUT2D eigenvalue weighted by atomic mass is 10.0. The van der Waals surface area contributed by atoms with Crippen LogP contribution in [0.25, 0.3) is 0 Å². The van der Waals surface area contributed by atoms with Gasteiger partial charge in [-0.25, -0.2) is 4.79 Å². The van der Waals surface area contributed by atoms with Gasteiger partial charge in [0.15, 0.2) is 11.5 Å². The molecule has 2 N–H and O–H groups in total. The number of piperazine rings is 1. The molecule has 2 amide bonds. The van der Waals surface area contributed by atoms with Gasteiger partial charge in [0.1, 0.15) is 6.10 Å². The topological polar surface area (TPSA) is 94.3 Å². The van der Waals surface area contributed by atoms with Gasteiger partial charge in [-0.3, -0.25) is 4.79 Å². The molecular weight excluding hydrogens is 398 g/mol. The van der Waals surface area contributed by atoms with Crippen LogP contribution in [-0.4, -0.2) is 57.3 Å². The van der Waals surface area contributed by atoms with E-state index in [1.807, 2.05) is 53.4 Å². The van der Waals surface area contributed by atoms with Gasteiger partial charge in [-0.2, -0.15) is 0 Å². The number of ether oxygens (including phenoxy) is 3. The summed E-state index contributed by atoms with van der Waals surface area (Å²) in [5, 5.41) is 0. The van der Waals surface area contributed by atoms with Crippen LogP contribution in [0.3, 0.4) is 0 Å². The number of benzene rings is 2. The van der Waals surface area contributed by atoms with Gasteiger partial charge >= 0.3 is 6.09 Å². The molecule has 166 valence electrons. The normalized spacial score (nSPS) is 14.6. The molecular formula is C23H29N3O5. The van der Waals surface area contributed by atoms with E-state index in [1.165, 1.54) is 0 Å². The summed E-state index contributed by atoms with van der Waals surface area (Å²) in [6.07, 6.45) is -0.703. The second kappa shape index (κ2) is 10.6. The monoisotopic (exact) mass is 427 g/mol. The van der Waals surface area contributed by atoms with Crippen molar-refractivity contribution in [3.05, 3.63) is 54.1 Å². The molecule has 8 heteroatoms. The molecule has 31 heavy (non-hydrogen) atoms. The summed E-state index contributed by atoms with van der Waals surface area (Å²) in [7, 11) is 3.22. The Kier molecular flexibility index (Phi) is 7.59. The summed E-state index contributed by atoms with van der Waals surface area (Å²) >= 11 is 0. The fourth-order valence-electron chi connectivity index (χ4n) is 3.75. The van der Waals surface area contributed by atoms with Gasteiger partial charge in [-0.15, -0.1) is 0 Å². The molecule has 1 fully saturated rings. The van der Waals surface area contributed by atoms with Crippen LogP contribution in [0.5, 0.6) is 11.5 Å². The van der Waals surface area contributed by atoms with Crippen LogP contribution >= 0.6 is 0 Å². The fraction of sp³-hybridized carbons (Fsp3) is 0.391. The van der Waals surface area contributed by atoms with Crippen LogP contribution in [0.15, 0.2) is 48.5 Å². The smallest absolute Gasteiger partial charge is 0.405 e. The first-order valence-corrected chi connectivity index (χ1v) is 10.3. The molecule has 3 rings (SSSR count). The zero-order chi connectivity index (χ0) is 22.2. The molecule has 1 atom stereocenters. The van der Waals surface area contributed by atoms with Crippen molar-refractivity contribution in [3.8, 4) is 11.5 Å². The molecule has 0 bridgehead atoms. The van der Waals surface area contributed by atoms with Crippen LogP contribution in [0, 0.1) is 0 Å². The lowest BCUT2D eigenvalue weighted by molar-refractivity contribution is -0.132. The molecule has 2 aromatic rings. The number of hydrogen-bond donors (Lipinski definition) is 1. The van der Waals surface area contributed by atoms with Crippen LogP contribution < -0.4 is 20.1 Å². The number of methoxy groups -OCH3 is 2. The van der Waals surface area contributed by atoms with E-state index in [0.29, 0.717) is 31.0 Å². The molecule has 1 saturated heterocycles. The summed E-state index contributed by atoms with van der Waals surface area (Å²) in [5.74, 6) is 1.41. The first-order chi connectivity index (χ1) is 15.0. The van der Waals surface area contributed by atoms with Crippen molar-refractivity contribution >= 4 is 17.7 Å². The van der Waals surface area contributed by atoms with Gasteiger partial charge in [0.2, 0.25) is 5.91 Å². The zero-order valence-corrected chi connectivity index (χ0v) is 18.0. The van der Waals surface area contributed by atoms with Crippen molar-refractivity contribution in [1.82, 2.24) is 4.90 Å². The molecule has 0 aromatic heterocycles. The maximum absolute atomic E-state index is 12.7. The number of carbonyl (C=O) groups excluding carboxylic acids is 2. The highest BCUT2D eigenvalue weighted by molar-refractivity contribution is 5.76. The molecule has 1 aliphatic heterocycles. The van der Waals surface area contributed by atoms with Gasteiger partial charge in [-0.1, -0.05) is 30.3 Å². The maximum Gasteiger partial charge on any atom is 0.405 e. The highest BCUT2D eigenvalue weighted by Gasteiger charge is 2.24. The van der Waals surface area contributed by atoms with Gasteiger partial charge in [0.25, 0.3) is 0 Å². The van der Waals surface area contributed by atoms with Crippen LogP contribution in [-0.2, 0) is 9.53 Å². The largest absolute Gasteiger partial charge is 0.493 e. The molecule has 1 heterocycles. The average molecular weight is 428 g/mol. The molecule has 0 aliphatic carbocycles. The van der Waals surface area contributed by atoms with E-state index in [1.54, 1.807) is 14.2 Å². The molecule has 8 nitrogen and oxygen atoms in total. The first kappa shape index (κ1) is 22.3. The number of nitrogens with zero attached hydrogens (tertiary/aromatic N) is 2. The minimum absolute atomic E-state index is 0.0426. The number of nitrogens with two attached hydrogens (primary N) is 1. The minimum Gasteiger partial charge on any atom is -0.493 e. The number of carbonyl (C=O) groups is 2. The Hall–Kier alpha value is -3.42. The van der Waals surface area contributed by atoms with Crippen LogP contribution in [0.1, 0.15) is 24.5 Å². The Morgan fingerprint density at radius 2 is 1.65 bits per heavy atom. The third-order valence-corrected chi connectivity index (χ3v) is 5.41. The second-order valence-electron chi connectivity index (χ2n) is 7.28. The van der Waals surface area contributed by atoms with E-state index in [4.69, 9.17) is 19.9 Å². The molecule has 1 aliphatic rings. The molecule has 2 aromatic carbocycles. The quantitative estimate of drug-likeness (QED) is 0.696. The fourth-order valence-corrected chi connectivity index (χ4v) is 3.75. The van der Waals surface area contributed by atoms with Crippen molar-refractivity contribution in [2.24, 2.45) is 5.73 Å². The van der Waals surface area contributed by atoms with E-state index < -0.39 is 12.2 Å². The number of hydrogen-bond acceptors (Lipinski definition) is 6. The Morgan fingerprint density at radius 3 is 2.26 bits per heavy atom. The number of rotatable bonds is 8.